The fourth-order valence-electron chi connectivity index (χ4n) is 1.84. The molecule has 0 aliphatic rings. The Bertz CT molecular complexity index is 435. The van der Waals surface area contributed by atoms with E-state index < -0.39 is 5.97 Å². The predicted molar refractivity (Wildman–Crippen MR) is 74.9 cm³/mol. The minimum atomic E-state index is -0.922. The second-order valence-electron chi connectivity index (χ2n) is 4.68. The highest BCUT2D eigenvalue weighted by atomic mass is 16.5. The summed E-state index contributed by atoms with van der Waals surface area (Å²) in [6, 6.07) is 3.38. The van der Waals surface area contributed by atoms with Crippen molar-refractivity contribution in [1.82, 2.24) is 4.98 Å². The van der Waals surface area contributed by atoms with Crippen LogP contribution in [0.5, 0.6) is 0 Å². The molecule has 0 aliphatic heterocycles. The van der Waals surface area contributed by atoms with Crippen LogP contribution in [0.25, 0.3) is 0 Å². The Labute approximate surface area is 114 Å². The van der Waals surface area contributed by atoms with Crippen LogP contribution in [-0.4, -0.2) is 42.9 Å². The summed E-state index contributed by atoms with van der Waals surface area (Å²) in [4.78, 5) is 17.6. The number of ether oxygens (including phenoxy) is 1. The summed E-state index contributed by atoms with van der Waals surface area (Å²) in [6.07, 6.45) is 1.72. The lowest BCUT2D eigenvalue weighted by molar-refractivity contribution is 0.0696. The van der Waals surface area contributed by atoms with Gasteiger partial charge in [0, 0.05) is 19.9 Å². The number of carboxylic acid groups (broad SMARTS) is 1. The third-order valence-corrected chi connectivity index (χ3v) is 3.05. The van der Waals surface area contributed by atoms with Crippen molar-refractivity contribution in [2.75, 3.05) is 25.7 Å². The molecule has 1 aromatic rings. The van der Waals surface area contributed by atoms with E-state index in [0.29, 0.717) is 12.4 Å². The molecule has 0 saturated carbocycles. The fourth-order valence-corrected chi connectivity index (χ4v) is 1.84. The van der Waals surface area contributed by atoms with Gasteiger partial charge in [0.25, 0.3) is 0 Å². The Kier molecular flexibility index (Phi) is 5.76. The summed E-state index contributed by atoms with van der Waals surface area (Å²) >= 11 is 0. The molecular formula is C14H22N2O3. The van der Waals surface area contributed by atoms with E-state index in [2.05, 4.69) is 4.98 Å². The molecule has 1 heterocycles. The molecule has 5 nitrogen and oxygen atoms in total. The Morgan fingerprint density at radius 2 is 2.21 bits per heavy atom. The van der Waals surface area contributed by atoms with Gasteiger partial charge in [-0.15, -0.1) is 0 Å². The Morgan fingerprint density at radius 3 is 2.74 bits per heavy atom. The van der Waals surface area contributed by atoms with Gasteiger partial charge in [-0.3, -0.25) is 0 Å². The highest BCUT2D eigenvalue weighted by molar-refractivity contribution is 5.88. The van der Waals surface area contributed by atoms with Crippen molar-refractivity contribution in [3.63, 3.8) is 0 Å². The third kappa shape index (κ3) is 4.21. The van der Waals surface area contributed by atoms with E-state index in [1.165, 1.54) is 0 Å². The van der Waals surface area contributed by atoms with Gasteiger partial charge in [0.05, 0.1) is 18.2 Å². The van der Waals surface area contributed by atoms with Gasteiger partial charge in [-0.2, -0.15) is 0 Å². The molecule has 0 saturated heterocycles. The molecule has 0 spiro atoms. The van der Waals surface area contributed by atoms with Crippen molar-refractivity contribution in [3.8, 4) is 0 Å². The van der Waals surface area contributed by atoms with E-state index in [4.69, 9.17) is 9.84 Å². The number of likely N-dealkylation sites (N-methyl/N-ethyl adjacent to an activating group) is 1. The zero-order valence-corrected chi connectivity index (χ0v) is 12.0. The molecule has 0 bridgehead atoms. The van der Waals surface area contributed by atoms with E-state index in [0.717, 1.165) is 18.5 Å². The number of aromatic carboxylic acids is 1. The highest BCUT2D eigenvalue weighted by Gasteiger charge is 2.15. The molecule has 1 unspecified atom stereocenters. The quantitative estimate of drug-likeness (QED) is 0.819. The van der Waals surface area contributed by atoms with Crippen molar-refractivity contribution in [3.05, 3.63) is 23.4 Å². The molecule has 0 fully saturated rings. The zero-order valence-electron chi connectivity index (χ0n) is 12.0. The monoisotopic (exact) mass is 266 g/mol. The molecule has 1 aromatic heterocycles. The molecule has 5 heteroatoms. The molecule has 0 aromatic carbocycles. The Balaban J connectivity index is 3.07. The average molecular weight is 266 g/mol. The van der Waals surface area contributed by atoms with Gasteiger partial charge in [0.2, 0.25) is 0 Å². The van der Waals surface area contributed by atoms with Crippen molar-refractivity contribution in [2.24, 2.45) is 0 Å². The van der Waals surface area contributed by atoms with Crippen LogP contribution in [0, 0.1) is 0 Å². The lowest BCUT2D eigenvalue weighted by atomic mass is 10.1. The molecule has 19 heavy (non-hydrogen) atoms. The van der Waals surface area contributed by atoms with E-state index in [1.54, 1.807) is 19.2 Å². The lowest BCUT2D eigenvalue weighted by Crippen LogP contribution is -2.33. The molecule has 0 aliphatic carbocycles. The van der Waals surface area contributed by atoms with Crippen molar-refractivity contribution >= 4 is 11.8 Å². The maximum Gasteiger partial charge on any atom is 0.335 e. The van der Waals surface area contributed by atoms with Gasteiger partial charge < -0.3 is 14.7 Å². The van der Waals surface area contributed by atoms with E-state index in [-0.39, 0.29) is 11.6 Å². The fraction of sp³-hybridized carbons (Fsp3) is 0.571. The topological polar surface area (TPSA) is 62.7 Å². The first-order valence-electron chi connectivity index (χ1n) is 6.45. The average Bonchev–Trinajstić information content (AvgIpc) is 2.38. The van der Waals surface area contributed by atoms with Gasteiger partial charge in [-0.05, 0) is 25.5 Å². The number of aryl methyl sites for hydroxylation is 1. The first kappa shape index (κ1) is 15.4. The van der Waals surface area contributed by atoms with Crippen LogP contribution >= 0.6 is 0 Å². The van der Waals surface area contributed by atoms with E-state index in [9.17, 15) is 4.79 Å². The van der Waals surface area contributed by atoms with Crippen LogP contribution in [0.2, 0.25) is 0 Å². The highest BCUT2D eigenvalue weighted by Crippen LogP contribution is 2.17. The van der Waals surface area contributed by atoms with Gasteiger partial charge in [0.15, 0.2) is 0 Å². The van der Waals surface area contributed by atoms with Gasteiger partial charge in [-0.25, -0.2) is 9.78 Å². The number of pyridine rings is 1. The van der Waals surface area contributed by atoms with Crippen LogP contribution in [-0.2, 0) is 11.2 Å². The Hall–Kier alpha value is -1.62. The summed E-state index contributed by atoms with van der Waals surface area (Å²) in [7, 11) is 3.54. The summed E-state index contributed by atoms with van der Waals surface area (Å²) in [5.41, 5.74) is 1.10. The maximum atomic E-state index is 11.2. The number of nitrogens with zero attached hydrogens (tertiary/aromatic N) is 2. The number of aromatic nitrogens is 1. The summed E-state index contributed by atoms with van der Waals surface area (Å²) in [5, 5.41) is 9.15. The minimum Gasteiger partial charge on any atom is -0.478 e. The Morgan fingerprint density at radius 1 is 1.53 bits per heavy atom. The number of hydrogen-bond donors (Lipinski definition) is 1. The second-order valence-corrected chi connectivity index (χ2v) is 4.68. The smallest absolute Gasteiger partial charge is 0.335 e. The van der Waals surface area contributed by atoms with Crippen molar-refractivity contribution in [1.29, 1.82) is 0 Å². The number of rotatable bonds is 7. The minimum absolute atomic E-state index is 0.135. The van der Waals surface area contributed by atoms with Crippen LogP contribution in [0.15, 0.2) is 12.1 Å². The summed E-state index contributed by atoms with van der Waals surface area (Å²) in [6.45, 7) is 4.63. The molecule has 1 rings (SSSR count). The van der Waals surface area contributed by atoms with Crippen molar-refractivity contribution in [2.45, 2.75) is 32.7 Å². The van der Waals surface area contributed by atoms with Crippen LogP contribution < -0.4 is 4.90 Å². The summed E-state index contributed by atoms with van der Waals surface area (Å²) < 4.78 is 5.12. The molecule has 0 amide bonds. The van der Waals surface area contributed by atoms with Gasteiger partial charge >= 0.3 is 5.97 Å². The first-order valence-corrected chi connectivity index (χ1v) is 6.45. The second kappa shape index (κ2) is 7.09. The third-order valence-electron chi connectivity index (χ3n) is 3.05. The maximum absolute atomic E-state index is 11.2. The molecule has 0 radical (unpaired) electrons. The van der Waals surface area contributed by atoms with E-state index >= 15 is 0 Å². The first-order chi connectivity index (χ1) is 8.99. The van der Waals surface area contributed by atoms with Gasteiger partial charge in [-0.1, -0.05) is 13.3 Å². The van der Waals surface area contributed by atoms with Crippen LogP contribution in [0.4, 0.5) is 5.82 Å². The predicted octanol–water partition coefficient (Wildman–Crippen LogP) is 2.20. The van der Waals surface area contributed by atoms with Crippen LogP contribution in [0.3, 0.4) is 0 Å². The molecule has 1 N–H and O–H groups in total. The van der Waals surface area contributed by atoms with E-state index in [1.807, 2.05) is 25.8 Å². The lowest BCUT2D eigenvalue weighted by Gasteiger charge is -2.26. The number of carboxylic acids is 1. The molecule has 106 valence electrons. The van der Waals surface area contributed by atoms with Gasteiger partial charge in [0.1, 0.15) is 5.82 Å². The number of hydrogen-bond acceptors (Lipinski definition) is 4. The number of carbonyl (C=O) groups is 1. The number of methoxy groups -OCH3 is 1. The molecular weight excluding hydrogens is 244 g/mol. The number of anilines is 1. The zero-order chi connectivity index (χ0) is 14.4. The van der Waals surface area contributed by atoms with Crippen LogP contribution in [0.1, 0.15) is 36.3 Å². The largest absolute Gasteiger partial charge is 0.478 e. The SMILES string of the molecule is CCCc1cc(C(=O)O)cc(N(C)C(C)COC)n1. The van der Waals surface area contributed by atoms with Crippen molar-refractivity contribution < 1.29 is 14.6 Å². The normalized spacial score (nSPS) is 12.2. The summed E-state index contributed by atoms with van der Waals surface area (Å²) in [5.74, 6) is -0.248. The molecule has 1 atom stereocenters. The standard InChI is InChI=1S/C14H22N2O3/c1-5-6-12-7-11(14(17)18)8-13(15-12)16(3)10(2)9-19-4/h7-8,10H,5-6,9H2,1-4H3,(H,17,18).